The number of rotatable bonds is 4. The molecule has 1 aromatic heterocycles. The van der Waals surface area contributed by atoms with Gasteiger partial charge in [-0.15, -0.1) is 0 Å². The van der Waals surface area contributed by atoms with E-state index in [1.165, 1.54) is 16.8 Å². The number of carbonyl (C=O) groups is 1. The Morgan fingerprint density at radius 3 is 2.38 bits per heavy atom. The Kier molecular flexibility index (Phi) is 4.40. The van der Waals surface area contributed by atoms with Crippen LogP contribution in [0.1, 0.15) is 33.4 Å². The van der Waals surface area contributed by atoms with Crippen molar-refractivity contribution in [2.75, 3.05) is 6.26 Å². The first-order chi connectivity index (χ1) is 13.7. The highest BCUT2D eigenvalue weighted by molar-refractivity contribution is 7.90. The van der Waals surface area contributed by atoms with Gasteiger partial charge in [0, 0.05) is 24.4 Å². The molecule has 8 heteroatoms. The number of carboxylic acids is 1. The van der Waals surface area contributed by atoms with E-state index >= 15 is 0 Å². The fourth-order valence-electron chi connectivity index (χ4n) is 3.64. The number of nitrogens with zero attached hydrogens (tertiary/aromatic N) is 2. The second-order valence-electron chi connectivity index (χ2n) is 6.91. The second-order valence-corrected chi connectivity index (χ2v) is 8.93. The van der Waals surface area contributed by atoms with Crippen LogP contribution in [0.5, 0.6) is 0 Å². The first-order valence-corrected chi connectivity index (χ1v) is 10.7. The van der Waals surface area contributed by atoms with E-state index < -0.39 is 21.9 Å². The zero-order chi connectivity index (χ0) is 20.9. The van der Waals surface area contributed by atoms with Gasteiger partial charge in [-0.3, -0.25) is 4.68 Å². The molecule has 7 nitrogen and oxygen atoms in total. The zero-order valence-electron chi connectivity index (χ0n) is 15.7. The minimum atomic E-state index is -3.38. The van der Waals surface area contributed by atoms with Crippen LogP contribution in [0.15, 0.2) is 59.5 Å². The summed E-state index contributed by atoms with van der Waals surface area (Å²) in [6, 6.07) is 13.4. The molecule has 0 spiro atoms. The summed E-state index contributed by atoms with van der Waals surface area (Å²) in [5, 5.41) is 24.6. The lowest BCUT2D eigenvalue weighted by Gasteiger charge is -2.08. The van der Waals surface area contributed by atoms with E-state index in [4.69, 9.17) is 0 Å². The van der Waals surface area contributed by atoms with Gasteiger partial charge in [0.25, 0.3) is 0 Å². The largest absolute Gasteiger partial charge is 0.477 e. The number of aryl methyl sites for hydroxylation is 1. The van der Waals surface area contributed by atoms with Crippen LogP contribution in [0.3, 0.4) is 0 Å². The van der Waals surface area contributed by atoms with Crippen LogP contribution in [0.2, 0.25) is 0 Å². The van der Waals surface area contributed by atoms with Crippen molar-refractivity contribution in [1.82, 2.24) is 9.78 Å². The van der Waals surface area contributed by atoms with Crippen LogP contribution in [-0.4, -0.2) is 40.6 Å². The Labute approximate surface area is 167 Å². The lowest BCUT2D eigenvalue weighted by Crippen LogP contribution is -2.06. The molecule has 0 fully saturated rings. The van der Waals surface area contributed by atoms with Crippen LogP contribution >= 0.6 is 0 Å². The highest BCUT2D eigenvalue weighted by Crippen LogP contribution is 2.42. The topological polar surface area (TPSA) is 109 Å². The van der Waals surface area contributed by atoms with E-state index in [0.717, 1.165) is 17.4 Å². The van der Waals surface area contributed by atoms with Gasteiger partial charge in [0.1, 0.15) is 5.69 Å². The molecule has 0 bridgehead atoms. The summed E-state index contributed by atoms with van der Waals surface area (Å²) in [6.07, 6.45) is 1.95. The lowest BCUT2D eigenvalue weighted by atomic mass is 9.95. The van der Waals surface area contributed by atoms with Crippen molar-refractivity contribution >= 4 is 21.4 Å². The fourth-order valence-corrected chi connectivity index (χ4v) is 4.27. The van der Waals surface area contributed by atoms with Crippen molar-refractivity contribution in [3.05, 3.63) is 77.1 Å². The van der Waals surface area contributed by atoms with E-state index in [1.807, 2.05) is 24.3 Å². The number of aliphatic hydroxyl groups is 1. The quantitative estimate of drug-likeness (QED) is 0.684. The molecule has 0 radical (unpaired) electrons. The van der Waals surface area contributed by atoms with E-state index in [1.54, 1.807) is 25.3 Å². The standard InChI is InChI=1S/C21H18N2O5S/c1-23-20(21(25)26)18(12-7-9-13(10-8-12)29(2,27)28)19(22-23)16-11-17(24)15-6-4-3-5-14(15)16/h3-11,17,24H,1-2H3,(H,25,26). The summed E-state index contributed by atoms with van der Waals surface area (Å²) < 4.78 is 24.8. The Bertz CT molecular complexity index is 1270. The summed E-state index contributed by atoms with van der Waals surface area (Å²) in [4.78, 5) is 12.1. The third-order valence-corrected chi connectivity index (χ3v) is 6.10. The predicted octanol–water partition coefficient (Wildman–Crippen LogP) is 2.67. The van der Waals surface area contributed by atoms with Crippen molar-refractivity contribution in [2.45, 2.75) is 11.0 Å². The maximum absolute atomic E-state index is 12.0. The smallest absolute Gasteiger partial charge is 0.354 e. The van der Waals surface area contributed by atoms with Gasteiger partial charge in [-0.25, -0.2) is 13.2 Å². The SMILES string of the molecule is Cn1nc(C2=CC(O)c3ccccc32)c(-c2ccc(S(C)(=O)=O)cc2)c1C(=O)O. The number of hydrogen-bond donors (Lipinski definition) is 2. The molecule has 1 atom stereocenters. The van der Waals surface area contributed by atoms with Crippen LogP contribution in [0.25, 0.3) is 16.7 Å². The zero-order valence-corrected chi connectivity index (χ0v) is 16.5. The fraction of sp³-hybridized carbons (Fsp3) is 0.143. The first-order valence-electron chi connectivity index (χ1n) is 8.79. The second kappa shape index (κ2) is 6.68. The predicted molar refractivity (Wildman–Crippen MR) is 107 cm³/mol. The Morgan fingerprint density at radius 2 is 1.76 bits per heavy atom. The third kappa shape index (κ3) is 3.16. The lowest BCUT2D eigenvalue weighted by molar-refractivity contribution is 0.0686. The molecule has 1 unspecified atom stereocenters. The molecule has 0 saturated heterocycles. The highest BCUT2D eigenvalue weighted by Gasteiger charge is 2.30. The summed E-state index contributed by atoms with van der Waals surface area (Å²) >= 11 is 0. The van der Waals surface area contributed by atoms with E-state index in [0.29, 0.717) is 22.4 Å². The van der Waals surface area contributed by atoms with Gasteiger partial charge < -0.3 is 10.2 Å². The molecule has 4 rings (SSSR count). The van der Waals surface area contributed by atoms with E-state index in [-0.39, 0.29) is 10.6 Å². The molecule has 1 aliphatic rings. The van der Waals surface area contributed by atoms with E-state index in [9.17, 15) is 23.4 Å². The van der Waals surface area contributed by atoms with Crippen molar-refractivity contribution < 1.29 is 23.4 Å². The van der Waals surface area contributed by atoms with Crippen molar-refractivity contribution in [3.8, 4) is 11.1 Å². The molecule has 1 aliphatic carbocycles. The normalized spacial score (nSPS) is 15.8. The van der Waals surface area contributed by atoms with Gasteiger partial charge in [-0.05, 0) is 34.9 Å². The number of aliphatic hydroxyl groups excluding tert-OH is 1. The van der Waals surface area contributed by atoms with Gasteiger partial charge in [-0.1, -0.05) is 36.4 Å². The minimum Gasteiger partial charge on any atom is -0.477 e. The molecular formula is C21H18N2O5S. The maximum atomic E-state index is 12.0. The van der Waals surface area contributed by atoms with Crippen LogP contribution in [0.4, 0.5) is 0 Å². The van der Waals surface area contributed by atoms with Gasteiger partial charge >= 0.3 is 5.97 Å². The molecule has 29 heavy (non-hydrogen) atoms. The van der Waals surface area contributed by atoms with Crippen molar-refractivity contribution in [3.63, 3.8) is 0 Å². The number of fused-ring (bicyclic) bond motifs is 1. The van der Waals surface area contributed by atoms with Gasteiger partial charge in [0.15, 0.2) is 15.5 Å². The summed E-state index contributed by atoms with van der Waals surface area (Å²) in [5.41, 5.74) is 3.44. The number of hydrogen-bond acceptors (Lipinski definition) is 5. The molecule has 0 amide bonds. The molecule has 0 saturated carbocycles. The molecule has 2 aromatic carbocycles. The monoisotopic (exact) mass is 410 g/mol. The summed E-state index contributed by atoms with van der Waals surface area (Å²) in [7, 11) is -1.84. The number of aromatic carboxylic acids is 1. The third-order valence-electron chi connectivity index (χ3n) is 4.97. The Morgan fingerprint density at radius 1 is 1.10 bits per heavy atom. The average Bonchev–Trinajstić information content (AvgIpc) is 3.18. The number of benzene rings is 2. The van der Waals surface area contributed by atoms with Gasteiger partial charge in [0.2, 0.25) is 0 Å². The van der Waals surface area contributed by atoms with E-state index in [2.05, 4.69) is 5.10 Å². The molecule has 148 valence electrons. The molecule has 2 N–H and O–H groups in total. The number of sulfone groups is 1. The summed E-state index contributed by atoms with van der Waals surface area (Å²) in [6.45, 7) is 0. The molecular weight excluding hydrogens is 392 g/mol. The van der Waals surface area contributed by atoms with Crippen LogP contribution in [0, 0.1) is 0 Å². The van der Waals surface area contributed by atoms with Gasteiger partial charge in [-0.2, -0.15) is 5.10 Å². The summed E-state index contributed by atoms with van der Waals surface area (Å²) in [5.74, 6) is -1.15. The number of aromatic nitrogens is 2. The molecule has 1 heterocycles. The Balaban J connectivity index is 1.96. The van der Waals surface area contributed by atoms with Gasteiger partial charge in [0.05, 0.1) is 11.0 Å². The van der Waals surface area contributed by atoms with Crippen LogP contribution < -0.4 is 0 Å². The average molecular weight is 410 g/mol. The molecule has 0 aliphatic heterocycles. The minimum absolute atomic E-state index is 0.0214. The maximum Gasteiger partial charge on any atom is 0.354 e. The number of carboxylic acid groups (broad SMARTS) is 1. The van der Waals surface area contributed by atoms with Crippen LogP contribution in [-0.2, 0) is 16.9 Å². The van der Waals surface area contributed by atoms with Crippen molar-refractivity contribution in [2.24, 2.45) is 7.05 Å². The Hall–Kier alpha value is -3.23. The molecule has 3 aromatic rings. The first kappa shape index (κ1) is 19.1. The highest BCUT2D eigenvalue weighted by atomic mass is 32.2. The van der Waals surface area contributed by atoms with Crippen molar-refractivity contribution in [1.29, 1.82) is 0 Å².